The highest BCUT2D eigenvalue weighted by atomic mass is 16.5. The smallest absolute Gasteiger partial charge is 0.333 e. The van der Waals surface area contributed by atoms with E-state index in [2.05, 4.69) is 6.58 Å². The lowest BCUT2D eigenvalue weighted by Crippen LogP contribution is -2.28. The van der Waals surface area contributed by atoms with Crippen molar-refractivity contribution in [3.05, 3.63) is 71.8 Å². The van der Waals surface area contributed by atoms with Gasteiger partial charge in [-0.25, -0.2) is 9.59 Å². The summed E-state index contributed by atoms with van der Waals surface area (Å²) in [5, 5.41) is 17.5. The van der Waals surface area contributed by atoms with E-state index in [9.17, 15) is 14.4 Å². The van der Waals surface area contributed by atoms with Gasteiger partial charge < -0.3 is 14.9 Å². The molecule has 1 aromatic rings. The van der Waals surface area contributed by atoms with Crippen LogP contribution in [0.15, 0.2) is 66.3 Å². The van der Waals surface area contributed by atoms with Crippen LogP contribution in [0.5, 0.6) is 0 Å². The molecule has 0 aliphatic heterocycles. The number of aliphatic carboxylic acids is 2. The minimum absolute atomic E-state index is 0.0359. The molecule has 144 valence electrons. The second-order valence-corrected chi connectivity index (χ2v) is 6.41. The molecule has 6 heteroatoms. The number of carboxylic acid groups (broad SMARTS) is 2. The van der Waals surface area contributed by atoms with Crippen LogP contribution in [-0.4, -0.2) is 34.7 Å². The van der Waals surface area contributed by atoms with Gasteiger partial charge in [0.25, 0.3) is 0 Å². The third-order valence-electron chi connectivity index (χ3n) is 3.90. The van der Waals surface area contributed by atoms with E-state index in [0.29, 0.717) is 12.2 Å². The van der Waals surface area contributed by atoms with E-state index in [-0.39, 0.29) is 18.0 Å². The highest BCUT2D eigenvalue weighted by Crippen LogP contribution is 2.31. The Morgan fingerprint density at radius 2 is 1.81 bits per heavy atom. The lowest BCUT2D eigenvalue weighted by atomic mass is 9.80. The third kappa shape index (κ3) is 7.32. The minimum Gasteiger partial charge on any atom is -0.481 e. The molecule has 0 bridgehead atoms. The van der Waals surface area contributed by atoms with Gasteiger partial charge in [-0.15, -0.1) is 0 Å². The van der Waals surface area contributed by atoms with Crippen molar-refractivity contribution in [2.75, 3.05) is 6.61 Å². The van der Waals surface area contributed by atoms with Crippen molar-refractivity contribution in [2.24, 2.45) is 5.41 Å². The van der Waals surface area contributed by atoms with Crippen LogP contribution in [0, 0.1) is 5.41 Å². The molecule has 0 amide bonds. The maximum Gasteiger partial charge on any atom is 0.333 e. The number of esters is 1. The van der Waals surface area contributed by atoms with Gasteiger partial charge in [-0.1, -0.05) is 55.1 Å². The Morgan fingerprint density at radius 3 is 2.33 bits per heavy atom. The summed E-state index contributed by atoms with van der Waals surface area (Å²) in [6, 6.07) is 9.92. The Labute approximate surface area is 158 Å². The summed E-state index contributed by atoms with van der Waals surface area (Å²) in [5.41, 5.74) is 0.662. The Morgan fingerprint density at radius 1 is 1.19 bits per heavy atom. The summed E-state index contributed by atoms with van der Waals surface area (Å²) >= 11 is 0. The summed E-state index contributed by atoms with van der Waals surface area (Å²) in [7, 11) is 0. The molecule has 0 aromatic heterocycles. The summed E-state index contributed by atoms with van der Waals surface area (Å²) < 4.78 is 4.97. The van der Waals surface area contributed by atoms with E-state index in [0.717, 1.165) is 6.42 Å². The Bertz CT molecular complexity index is 760. The van der Waals surface area contributed by atoms with Crippen LogP contribution in [0.4, 0.5) is 0 Å². The number of ether oxygens (including phenoxy) is 1. The number of benzene rings is 1. The van der Waals surface area contributed by atoms with E-state index in [4.69, 9.17) is 14.9 Å². The van der Waals surface area contributed by atoms with Gasteiger partial charge >= 0.3 is 17.9 Å². The summed E-state index contributed by atoms with van der Waals surface area (Å²) in [5.74, 6) is -2.38. The van der Waals surface area contributed by atoms with E-state index in [1.54, 1.807) is 6.92 Å². The van der Waals surface area contributed by atoms with Crippen molar-refractivity contribution in [1.29, 1.82) is 0 Å². The first kappa shape index (κ1) is 21.9. The first-order valence-corrected chi connectivity index (χ1v) is 8.37. The van der Waals surface area contributed by atoms with E-state index in [1.165, 1.54) is 30.7 Å². The van der Waals surface area contributed by atoms with Gasteiger partial charge in [0.1, 0.15) is 0 Å². The monoisotopic (exact) mass is 372 g/mol. The summed E-state index contributed by atoms with van der Waals surface area (Å²) in [4.78, 5) is 32.4. The average Bonchev–Trinajstić information content (AvgIpc) is 2.63. The molecule has 0 radical (unpaired) electrons. The molecule has 0 heterocycles. The molecule has 2 rings (SSSR count). The van der Waals surface area contributed by atoms with Gasteiger partial charge in [0.2, 0.25) is 0 Å². The number of rotatable bonds is 6. The van der Waals surface area contributed by atoms with E-state index in [1.807, 2.05) is 30.3 Å². The lowest BCUT2D eigenvalue weighted by molar-refractivity contribution is -0.145. The predicted octanol–water partition coefficient (Wildman–Crippen LogP) is 3.40. The SMILES string of the molecule is C=C(C)C(=O)OCCc1ccccc1.CC1(C(=O)O)C=CC=C(C(=O)O)C1. The van der Waals surface area contributed by atoms with Gasteiger partial charge in [-0.2, -0.15) is 0 Å². The fourth-order valence-corrected chi connectivity index (χ4v) is 2.21. The van der Waals surface area contributed by atoms with Crippen LogP contribution in [0.1, 0.15) is 25.8 Å². The maximum absolute atomic E-state index is 11.0. The number of carbonyl (C=O) groups is 3. The molecule has 27 heavy (non-hydrogen) atoms. The van der Waals surface area contributed by atoms with Crippen molar-refractivity contribution < 1.29 is 29.3 Å². The molecular weight excluding hydrogens is 348 g/mol. The Kier molecular flexibility index (Phi) is 8.20. The number of allylic oxidation sites excluding steroid dienone is 2. The molecule has 0 saturated heterocycles. The largest absolute Gasteiger partial charge is 0.481 e. The first-order chi connectivity index (χ1) is 12.7. The fraction of sp³-hybridized carbons (Fsp3) is 0.286. The van der Waals surface area contributed by atoms with E-state index >= 15 is 0 Å². The van der Waals surface area contributed by atoms with Crippen molar-refractivity contribution in [3.63, 3.8) is 0 Å². The van der Waals surface area contributed by atoms with Crippen molar-refractivity contribution in [1.82, 2.24) is 0 Å². The molecule has 2 N–H and O–H groups in total. The van der Waals surface area contributed by atoms with Crippen LogP contribution in [0.3, 0.4) is 0 Å². The second-order valence-electron chi connectivity index (χ2n) is 6.41. The zero-order valence-corrected chi connectivity index (χ0v) is 15.5. The highest BCUT2D eigenvalue weighted by molar-refractivity contribution is 5.90. The van der Waals surface area contributed by atoms with Crippen LogP contribution in [-0.2, 0) is 25.5 Å². The molecular formula is C21H24O6. The van der Waals surface area contributed by atoms with Crippen LogP contribution in [0.25, 0.3) is 0 Å². The maximum atomic E-state index is 11.0. The molecule has 0 fully saturated rings. The van der Waals surface area contributed by atoms with Crippen LogP contribution < -0.4 is 0 Å². The molecule has 1 aliphatic carbocycles. The molecule has 1 unspecified atom stereocenters. The predicted molar refractivity (Wildman–Crippen MR) is 101 cm³/mol. The Hall–Kier alpha value is -3.15. The van der Waals surface area contributed by atoms with Gasteiger partial charge in [-0.3, -0.25) is 4.79 Å². The first-order valence-electron chi connectivity index (χ1n) is 8.37. The van der Waals surface area contributed by atoms with Crippen LogP contribution in [0.2, 0.25) is 0 Å². The normalized spacial score (nSPS) is 17.8. The van der Waals surface area contributed by atoms with Crippen molar-refractivity contribution >= 4 is 17.9 Å². The second kappa shape index (κ2) is 10.1. The highest BCUT2D eigenvalue weighted by Gasteiger charge is 2.34. The van der Waals surface area contributed by atoms with Gasteiger partial charge in [0, 0.05) is 17.6 Å². The number of carboxylic acids is 2. The van der Waals surface area contributed by atoms with Crippen molar-refractivity contribution in [3.8, 4) is 0 Å². The molecule has 1 aromatic carbocycles. The van der Waals surface area contributed by atoms with Crippen molar-refractivity contribution in [2.45, 2.75) is 26.7 Å². The average molecular weight is 372 g/mol. The zero-order valence-electron chi connectivity index (χ0n) is 15.5. The summed E-state index contributed by atoms with van der Waals surface area (Å²) in [6.45, 7) is 7.06. The minimum atomic E-state index is -1.08. The fourth-order valence-electron chi connectivity index (χ4n) is 2.21. The summed E-state index contributed by atoms with van der Waals surface area (Å²) in [6.07, 6.45) is 5.18. The Balaban J connectivity index is 0.000000271. The van der Waals surface area contributed by atoms with Gasteiger partial charge in [0.15, 0.2) is 0 Å². The molecule has 1 aliphatic rings. The topological polar surface area (TPSA) is 101 Å². The molecule has 0 saturated carbocycles. The molecule has 1 atom stereocenters. The van der Waals surface area contributed by atoms with Crippen LogP contribution >= 0.6 is 0 Å². The standard InChI is InChI=1S/C12H14O2.C9H10O4/c1-10(2)12(13)14-9-8-11-6-4-3-5-7-11;1-9(8(12)13)4-2-3-6(5-9)7(10)11/h3-7H,1,8-9H2,2H3;2-4H,5H2,1H3,(H,10,11)(H,12,13). The van der Waals surface area contributed by atoms with Gasteiger partial charge in [0.05, 0.1) is 12.0 Å². The lowest BCUT2D eigenvalue weighted by Gasteiger charge is -2.23. The number of hydrogen-bond acceptors (Lipinski definition) is 4. The van der Waals surface area contributed by atoms with E-state index < -0.39 is 17.4 Å². The zero-order chi connectivity index (χ0) is 20.4. The quantitative estimate of drug-likeness (QED) is 0.586. The number of carbonyl (C=O) groups excluding carboxylic acids is 1. The van der Waals surface area contributed by atoms with Gasteiger partial charge in [-0.05, 0) is 25.8 Å². The number of hydrogen-bond donors (Lipinski definition) is 2. The molecule has 6 nitrogen and oxygen atoms in total. The third-order valence-corrected chi connectivity index (χ3v) is 3.90. The molecule has 0 spiro atoms.